The molecule has 68 valence electrons. The zero-order valence-electron chi connectivity index (χ0n) is 8.05. The van der Waals surface area contributed by atoms with Crippen molar-refractivity contribution in [1.29, 1.82) is 0 Å². The van der Waals surface area contributed by atoms with Gasteiger partial charge in [-0.3, -0.25) is 4.79 Å². The van der Waals surface area contributed by atoms with Gasteiger partial charge in [-0.15, -0.1) is 0 Å². The number of nitrogens with one attached hydrogen (secondary N) is 1. The van der Waals surface area contributed by atoms with Gasteiger partial charge in [0.2, 0.25) is 0 Å². The van der Waals surface area contributed by atoms with Crippen LogP contribution in [-0.4, -0.2) is 18.4 Å². The van der Waals surface area contributed by atoms with Crippen molar-refractivity contribution in [3.8, 4) is 0 Å². The lowest BCUT2D eigenvalue weighted by molar-refractivity contribution is -0.134. The Balaban J connectivity index is 2.07. The molecule has 2 aliphatic heterocycles. The molecule has 0 radical (unpaired) electrons. The van der Waals surface area contributed by atoms with Crippen LogP contribution in [0.25, 0.3) is 0 Å². The van der Waals surface area contributed by atoms with E-state index in [2.05, 4.69) is 5.32 Å². The average Bonchev–Trinajstić information content (AvgIpc) is 2.41. The van der Waals surface area contributed by atoms with Crippen molar-refractivity contribution in [1.82, 2.24) is 5.32 Å². The molecule has 1 N–H and O–H groups in total. The van der Waals surface area contributed by atoms with Crippen molar-refractivity contribution in [2.24, 2.45) is 17.3 Å². The fourth-order valence-corrected chi connectivity index (χ4v) is 2.37. The highest BCUT2D eigenvalue weighted by Crippen LogP contribution is 2.43. The second-order valence-corrected chi connectivity index (χ2v) is 5.15. The number of Topliss-reactive ketones (excluding diaryl/α,β-unsaturated/α-hetero) is 1. The fourth-order valence-electron chi connectivity index (χ4n) is 2.37. The summed E-state index contributed by atoms with van der Waals surface area (Å²) in [6.45, 7) is 7.13. The Morgan fingerprint density at radius 1 is 1.42 bits per heavy atom. The van der Waals surface area contributed by atoms with Crippen molar-refractivity contribution >= 4 is 5.78 Å². The van der Waals surface area contributed by atoms with E-state index in [1.807, 2.05) is 20.8 Å². The van der Waals surface area contributed by atoms with E-state index in [1.165, 1.54) is 6.42 Å². The zero-order valence-corrected chi connectivity index (χ0v) is 8.05. The van der Waals surface area contributed by atoms with E-state index in [1.54, 1.807) is 0 Å². The molecular weight excluding hydrogens is 150 g/mol. The van der Waals surface area contributed by atoms with Crippen molar-refractivity contribution in [3.05, 3.63) is 0 Å². The Hall–Kier alpha value is -0.370. The molecule has 3 unspecified atom stereocenters. The third-order valence-electron chi connectivity index (χ3n) is 3.18. The minimum absolute atomic E-state index is 0.145. The number of carbonyl (C=O) groups is 1. The summed E-state index contributed by atoms with van der Waals surface area (Å²) in [5.74, 6) is 1.44. The molecule has 12 heavy (non-hydrogen) atoms. The first-order chi connectivity index (χ1) is 5.50. The third kappa shape index (κ3) is 1.01. The summed E-state index contributed by atoms with van der Waals surface area (Å²) in [5, 5.41) is 3.38. The van der Waals surface area contributed by atoms with E-state index in [-0.39, 0.29) is 5.41 Å². The standard InChI is InChI=1S/C10H17NO/c1-10(2,3)9(12)8-6-4-7(8)11-5-6/h6-8,11H,4-5H2,1-3H3. The molecule has 0 amide bonds. The van der Waals surface area contributed by atoms with Gasteiger partial charge in [-0.2, -0.15) is 0 Å². The number of fused-ring (bicyclic) bond motifs is 1. The van der Waals surface area contributed by atoms with Crippen LogP contribution in [0.1, 0.15) is 27.2 Å². The van der Waals surface area contributed by atoms with E-state index in [9.17, 15) is 4.79 Å². The predicted molar refractivity (Wildman–Crippen MR) is 47.8 cm³/mol. The van der Waals surface area contributed by atoms with Crippen LogP contribution in [0.3, 0.4) is 0 Å². The summed E-state index contributed by atoms with van der Waals surface area (Å²) >= 11 is 0. The van der Waals surface area contributed by atoms with E-state index >= 15 is 0 Å². The molecule has 3 atom stereocenters. The van der Waals surface area contributed by atoms with Crippen LogP contribution < -0.4 is 5.32 Å². The highest BCUT2D eigenvalue weighted by Gasteiger charge is 2.52. The summed E-state index contributed by atoms with van der Waals surface area (Å²) in [7, 11) is 0. The summed E-state index contributed by atoms with van der Waals surface area (Å²) in [4.78, 5) is 11.9. The lowest BCUT2D eigenvalue weighted by Gasteiger charge is -2.37. The Bertz CT molecular complexity index is 202. The van der Waals surface area contributed by atoms with E-state index < -0.39 is 0 Å². The van der Waals surface area contributed by atoms with Crippen LogP contribution in [0, 0.1) is 17.3 Å². The first-order valence-electron chi connectivity index (χ1n) is 4.78. The maximum absolute atomic E-state index is 11.9. The van der Waals surface area contributed by atoms with Crippen LogP contribution in [0.4, 0.5) is 0 Å². The highest BCUT2D eigenvalue weighted by atomic mass is 16.1. The lowest BCUT2D eigenvalue weighted by atomic mass is 9.66. The number of hydrogen-bond acceptors (Lipinski definition) is 2. The number of carbonyl (C=O) groups excluding carboxylic acids is 1. The Labute approximate surface area is 73.7 Å². The van der Waals surface area contributed by atoms with Crippen molar-refractivity contribution in [3.63, 3.8) is 0 Å². The van der Waals surface area contributed by atoms with Gasteiger partial charge in [0, 0.05) is 17.4 Å². The molecule has 1 saturated carbocycles. The summed E-state index contributed by atoms with van der Waals surface area (Å²) in [6, 6.07) is 0.515. The SMILES string of the molecule is CC(C)(C)C(=O)C1C2CNC1C2. The second kappa shape index (κ2) is 2.32. The summed E-state index contributed by atoms with van der Waals surface area (Å²) in [5.41, 5.74) is -0.145. The maximum atomic E-state index is 11.9. The quantitative estimate of drug-likeness (QED) is 0.636. The smallest absolute Gasteiger partial charge is 0.143 e. The topological polar surface area (TPSA) is 29.1 Å². The molecule has 3 rings (SSSR count). The van der Waals surface area contributed by atoms with Gasteiger partial charge in [0.25, 0.3) is 0 Å². The van der Waals surface area contributed by atoms with Crippen LogP contribution in [0.5, 0.6) is 0 Å². The van der Waals surface area contributed by atoms with Gasteiger partial charge in [0.05, 0.1) is 0 Å². The molecule has 2 nitrogen and oxygen atoms in total. The molecule has 3 aliphatic rings. The molecule has 2 heteroatoms. The maximum Gasteiger partial charge on any atom is 0.143 e. The predicted octanol–water partition coefficient (Wildman–Crippen LogP) is 1.21. The summed E-state index contributed by atoms with van der Waals surface area (Å²) < 4.78 is 0. The molecule has 0 aromatic heterocycles. The van der Waals surface area contributed by atoms with Crippen molar-refractivity contribution in [2.45, 2.75) is 33.2 Å². The molecule has 2 bridgehead atoms. The van der Waals surface area contributed by atoms with Gasteiger partial charge < -0.3 is 5.32 Å². The molecule has 0 spiro atoms. The second-order valence-electron chi connectivity index (χ2n) is 5.15. The zero-order chi connectivity index (χ0) is 8.93. The summed E-state index contributed by atoms with van der Waals surface area (Å²) in [6.07, 6.45) is 1.23. The van der Waals surface area contributed by atoms with Crippen molar-refractivity contribution < 1.29 is 4.79 Å². The Morgan fingerprint density at radius 2 is 2.08 bits per heavy atom. The number of hydrogen-bond donors (Lipinski definition) is 1. The molecule has 0 aromatic rings. The Kier molecular flexibility index (Phi) is 1.59. The van der Waals surface area contributed by atoms with Crippen LogP contribution in [-0.2, 0) is 4.79 Å². The van der Waals surface area contributed by atoms with Gasteiger partial charge in [-0.05, 0) is 18.9 Å². The molecule has 2 saturated heterocycles. The van der Waals surface area contributed by atoms with E-state index in [4.69, 9.17) is 0 Å². The molecule has 1 aliphatic carbocycles. The number of rotatable bonds is 1. The van der Waals surface area contributed by atoms with Gasteiger partial charge in [-0.25, -0.2) is 0 Å². The van der Waals surface area contributed by atoms with Gasteiger partial charge in [-0.1, -0.05) is 20.8 Å². The van der Waals surface area contributed by atoms with Crippen LogP contribution in [0.2, 0.25) is 0 Å². The minimum atomic E-state index is -0.145. The lowest BCUT2D eigenvalue weighted by Crippen LogP contribution is -2.46. The first-order valence-corrected chi connectivity index (χ1v) is 4.78. The van der Waals surface area contributed by atoms with E-state index in [0.717, 1.165) is 6.54 Å². The average molecular weight is 167 g/mol. The van der Waals surface area contributed by atoms with E-state index in [0.29, 0.717) is 23.7 Å². The largest absolute Gasteiger partial charge is 0.313 e. The highest BCUT2D eigenvalue weighted by molar-refractivity contribution is 5.88. The van der Waals surface area contributed by atoms with Gasteiger partial charge in [0.1, 0.15) is 5.78 Å². The Morgan fingerprint density at radius 3 is 2.42 bits per heavy atom. The number of ketones is 1. The molecular formula is C10H17NO. The first kappa shape index (κ1) is 8.24. The molecule has 3 fully saturated rings. The van der Waals surface area contributed by atoms with Gasteiger partial charge >= 0.3 is 0 Å². The minimum Gasteiger partial charge on any atom is -0.313 e. The molecule has 2 heterocycles. The third-order valence-corrected chi connectivity index (χ3v) is 3.18. The molecule has 0 aromatic carbocycles. The van der Waals surface area contributed by atoms with Crippen molar-refractivity contribution in [2.75, 3.05) is 6.54 Å². The normalized spacial score (nSPS) is 39.4. The monoisotopic (exact) mass is 167 g/mol. The van der Waals surface area contributed by atoms with Gasteiger partial charge in [0.15, 0.2) is 0 Å². The fraction of sp³-hybridized carbons (Fsp3) is 0.900. The van der Waals surface area contributed by atoms with Crippen LogP contribution >= 0.6 is 0 Å². The van der Waals surface area contributed by atoms with Crippen LogP contribution in [0.15, 0.2) is 0 Å².